The van der Waals surface area contributed by atoms with Crippen LogP contribution < -0.4 is 5.32 Å². The Morgan fingerprint density at radius 2 is 2.04 bits per heavy atom. The first-order valence-electron chi connectivity index (χ1n) is 9.69. The van der Waals surface area contributed by atoms with Gasteiger partial charge in [0.2, 0.25) is 0 Å². The quantitative estimate of drug-likeness (QED) is 0.663. The van der Waals surface area contributed by atoms with Gasteiger partial charge in [-0.2, -0.15) is 0 Å². The van der Waals surface area contributed by atoms with E-state index in [1.807, 2.05) is 6.20 Å². The van der Waals surface area contributed by atoms with Gasteiger partial charge in [0.25, 0.3) is 0 Å². The normalized spacial score (nSPS) is 27.2. The van der Waals surface area contributed by atoms with Crippen molar-refractivity contribution in [2.45, 2.75) is 43.9 Å². The first-order valence-corrected chi connectivity index (χ1v) is 9.69. The third-order valence-electron chi connectivity index (χ3n) is 6.21. The standard InChI is InChI=1S/C21H24N4O2/c26-11-14-9-15(10-19(14)27)25-8-7-17-20(22-12-23-21(17)25)24-18-6-5-13-3-1-2-4-16(13)18/h1-4,7-8,12,14-15,18-19,26-27H,5-6,9-11H2,(H,22,23,24)/t14-,15+,18-,19+/m0/s1. The van der Waals surface area contributed by atoms with E-state index in [9.17, 15) is 10.2 Å². The minimum absolute atomic E-state index is 0.0275. The van der Waals surface area contributed by atoms with E-state index in [1.165, 1.54) is 11.1 Å². The van der Waals surface area contributed by atoms with Crippen molar-refractivity contribution < 1.29 is 10.2 Å². The third kappa shape index (κ3) is 2.80. The summed E-state index contributed by atoms with van der Waals surface area (Å²) >= 11 is 0. The van der Waals surface area contributed by atoms with Crippen LogP contribution in [-0.4, -0.2) is 37.5 Å². The highest BCUT2D eigenvalue weighted by atomic mass is 16.3. The number of rotatable bonds is 4. The van der Waals surface area contributed by atoms with Crippen LogP contribution in [0.1, 0.15) is 42.5 Å². The van der Waals surface area contributed by atoms with Gasteiger partial charge in [-0.05, 0) is 42.9 Å². The summed E-state index contributed by atoms with van der Waals surface area (Å²) in [4.78, 5) is 9.01. The average Bonchev–Trinajstić information content (AvgIpc) is 3.39. The maximum Gasteiger partial charge on any atom is 0.145 e. The molecule has 0 amide bonds. The zero-order valence-corrected chi connectivity index (χ0v) is 15.1. The van der Waals surface area contributed by atoms with Crippen molar-refractivity contribution in [1.82, 2.24) is 14.5 Å². The second-order valence-electron chi connectivity index (χ2n) is 7.75. The molecule has 0 bridgehead atoms. The molecule has 27 heavy (non-hydrogen) atoms. The first kappa shape index (κ1) is 16.7. The van der Waals surface area contributed by atoms with Gasteiger partial charge in [0, 0.05) is 24.8 Å². The zero-order valence-electron chi connectivity index (χ0n) is 15.1. The number of aromatic nitrogens is 3. The molecule has 0 radical (unpaired) electrons. The van der Waals surface area contributed by atoms with Gasteiger partial charge in [0.1, 0.15) is 17.8 Å². The summed E-state index contributed by atoms with van der Waals surface area (Å²) in [6.45, 7) is 0.0275. The van der Waals surface area contributed by atoms with Crippen LogP contribution >= 0.6 is 0 Å². The molecule has 6 nitrogen and oxygen atoms in total. The number of anilines is 1. The smallest absolute Gasteiger partial charge is 0.145 e. The summed E-state index contributed by atoms with van der Waals surface area (Å²) in [6, 6.07) is 11.1. The van der Waals surface area contributed by atoms with Crippen LogP contribution in [0.2, 0.25) is 0 Å². The summed E-state index contributed by atoms with van der Waals surface area (Å²) in [5.74, 6) is 0.805. The Labute approximate surface area is 157 Å². The predicted octanol–water partition coefficient (Wildman–Crippen LogP) is 2.84. The number of aliphatic hydroxyl groups excluding tert-OH is 2. The molecule has 2 aliphatic rings. The summed E-state index contributed by atoms with van der Waals surface area (Å²) in [5, 5.41) is 24.2. The van der Waals surface area contributed by atoms with Gasteiger partial charge in [-0.15, -0.1) is 0 Å². The summed E-state index contributed by atoms with van der Waals surface area (Å²) in [7, 11) is 0. The van der Waals surface area contributed by atoms with Gasteiger partial charge < -0.3 is 20.1 Å². The average molecular weight is 364 g/mol. The number of fused-ring (bicyclic) bond motifs is 2. The molecule has 0 unspecified atom stereocenters. The highest BCUT2D eigenvalue weighted by Gasteiger charge is 2.34. The van der Waals surface area contributed by atoms with E-state index in [-0.39, 0.29) is 24.6 Å². The van der Waals surface area contributed by atoms with E-state index in [4.69, 9.17) is 0 Å². The SMILES string of the molecule is OC[C@@H]1C[C@@H](n2ccc3c(N[C@H]4CCc5ccccc54)ncnc32)C[C@H]1O. The Morgan fingerprint density at radius 1 is 1.15 bits per heavy atom. The molecule has 4 atom stereocenters. The lowest BCUT2D eigenvalue weighted by Gasteiger charge is -2.16. The van der Waals surface area contributed by atoms with Crippen LogP contribution in [0, 0.1) is 5.92 Å². The summed E-state index contributed by atoms with van der Waals surface area (Å²) < 4.78 is 2.13. The van der Waals surface area contributed by atoms with E-state index >= 15 is 0 Å². The highest BCUT2D eigenvalue weighted by molar-refractivity contribution is 5.87. The molecule has 5 rings (SSSR count). The molecular formula is C21H24N4O2. The number of nitrogens with zero attached hydrogens (tertiary/aromatic N) is 3. The Kier molecular flexibility index (Phi) is 4.10. The first-order chi connectivity index (χ1) is 13.2. The van der Waals surface area contributed by atoms with Crippen molar-refractivity contribution in [1.29, 1.82) is 0 Å². The van der Waals surface area contributed by atoms with E-state index in [1.54, 1.807) is 6.33 Å². The van der Waals surface area contributed by atoms with Crippen LogP contribution in [0.5, 0.6) is 0 Å². The molecule has 0 saturated heterocycles. The van der Waals surface area contributed by atoms with E-state index < -0.39 is 6.10 Å². The fraction of sp³-hybridized carbons (Fsp3) is 0.429. The van der Waals surface area contributed by atoms with Crippen LogP contribution in [-0.2, 0) is 6.42 Å². The van der Waals surface area contributed by atoms with E-state index in [2.05, 4.69) is 50.2 Å². The lowest BCUT2D eigenvalue weighted by molar-refractivity contribution is 0.0906. The van der Waals surface area contributed by atoms with Gasteiger partial charge in [-0.3, -0.25) is 0 Å². The van der Waals surface area contributed by atoms with E-state index in [0.29, 0.717) is 6.42 Å². The Hall–Kier alpha value is -2.44. The predicted molar refractivity (Wildman–Crippen MR) is 104 cm³/mol. The molecule has 2 aliphatic carbocycles. The number of aryl methyl sites for hydroxylation is 1. The Balaban J connectivity index is 1.45. The monoisotopic (exact) mass is 364 g/mol. The summed E-state index contributed by atoms with van der Waals surface area (Å²) in [6.07, 6.45) is 6.76. The van der Waals surface area contributed by atoms with Gasteiger partial charge in [-0.25, -0.2) is 9.97 Å². The van der Waals surface area contributed by atoms with Crippen molar-refractivity contribution in [3.8, 4) is 0 Å². The number of benzene rings is 1. The molecule has 0 aliphatic heterocycles. The highest BCUT2D eigenvalue weighted by Crippen LogP contribution is 2.38. The van der Waals surface area contributed by atoms with E-state index in [0.717, 1.165) is 36.1 Å². The van der Waals surface area contributed by atoms with Crippen LogP contribution in [0.25, 0.3) is 11.0 Å². The van der Waals surface area contributed by atoms with Crippen LogP contribution in [0.4, 0.5) is 5.82 Å². The number of nitrogens with one attached hydrogen (secondary N) is 1. The fourth-order valence-electron chi connectivity index (χ4n) is 4.75. The third-order valence-corrected chi connectivity index (χ3v) is 6.21. The molecule has 140 valence electrons. The van der Waals surface area contributed by atoms with Gasteiger partial charge in [-0.1, -0.05) is 24.3 Å². The second-order valence-corrected chi connectivity index (χ2v) is 7.75. The second kappa shape index (κ2) is 6.62. The maximum atomic E-state index is 10.1. The Bertz CT molecular complexity index is 970. The van der Waals surface area contributed by atoms with Crippen molar-refractivity contribution in [2.75, 3.05) is 11.9 Å². The lowest BCUT2D eigenvalue weighted by atomic mass is 10.1. The number of hydrogen-bond acceptors (Lipinski definition) is 5. The lowest BCUT2D eigenvalue weighted by Crippen LogP contribution is -2.16. The van der Waals surface area contributed by atoms with Crippen LogP contribution in [0.3, 0.4) is 0 Å². The molecule has 2 heterocycles. The minimum atomic E-state index is -0.452. The molecular weight excluding hydrogens is 340 g/mol. The fourth-order valence-corrected chi connectivity index (χ4v) is 4.75. The van der Waals surface area contributed by atoms with Crippen molar-refractivity contribution in [3.05, 3.63) is 54.0 Å². The molecule has 2 aromatic heterocycles. The van der Waals surface area contributed by atoms with Crippen molar-refractivity contribution >= 4 is 16.9 Å². The molecule has 1 saturated carbocycles. The zero-order chi connectivity index (χ0) is 18.4. The minimum Gasteiger partial charge on any atom is -0.396 e. The van der Waals surface area contributed by atoms with Gasteiger partial charge in [0.05, 0.1) is 17.5 Å². The number of aliphatic hydroxyl groups is 2. The van der Waals surface area contributed by atoms with Crippen molar-refractivity contribution in [3.63, 3.8) is 0 Å². The molecule has 0 spiro atoms. The molecule has 6 heteroatoms. The largest absolute Gasteiger partial charge is 0.396 e. The van der Waals surface area contributed by atoms with Crippen molar-refractivity contribution in [2.24, 2.45) is 5.92 Å². The topological polar surface area (TPSA) is 83.2 Å². The molecule has 3 aromatic rings. The maximum absolute atomic E-state index is 10.1. The summed E-state index contributed by atoms with van der Waals surface area (Å²) in [5.41, 5.74) is 3.65. The number of hydrogen-bond donors (Lipinski definition) is 3. The Morgan fingerprint density at radius 3 is 2.89 bits per heavy atom. The van der Waals surface area contributed by atoms with Gasteiger partial charge in [0.15, 0.2) is 0 Å². The molecule has 1 aromatic carbocycles. The van der Waals surface area contributed by atoms with Gasteiger partial charge >= 0.3 is 0 Å². The van der Waals surface area contributed by atoms with Crippen LogP contribution in [0.15, 0.2) is 42.9 Å². The molecule has 1 fully saturated rings. The molecule has 3 N–H and O–H groups in total.